The Hall–Kier alpha value is -5.13. The van der Waals surface area contributed by atoms with E-state index < -0.39 is 5.60 Å². The standard InChI is InChI=1S/C34H18N4OS2/c1-34(2)25(24(17-37)31(39-34)19(15-35)16-36)13-11-20-14-27-32(40-20)29-23-8-5-6-18-10-12-22-21-7-3-4-9-26(21)38(33(29)41-27)30(22)28(18)23/h3-14H,1-2H3/b13-11+. The number of allylic oxidation sites excluding steroid dienone is 2. The van der Waals surface area contributed by atoms with Crippen LogP contribution in [0.5, 0.6) is 0 Å². The molecule has 7 aromatic rings. The second kappa shape index (κ2) is 8.19. The van der Waals surface area contributed by atoms with Gasteiger partial charge in [-0.2, -0.15) is 15.8 Å². The van der Waals surface area contributed by atoms with Gasteiger partial charge in [0.2, 0.25) is 0 Å². The molecule has 8 rings (SSSR count). The van der Waals surface area contributed by atoms with Crippen LogP contribution in [0, 0.1) is 34.0 Å². The third-order valence-corrected chi connectivity index (χ3v) is 10.4. The summed E-state index contributed by atoms with van der Waals surface area (Å²) < 4.78 is 10.8. The molecule has 5 heterocycles. The zero-order valence-electron chi connectivity index (χ0n) is 21.9. The van der Waals surface area contributed by atoms with Crippen molar-refractivity contribution < 1.29 is 4.74 Å². The Morgan fingerprint density at radius 3 is 2.49 bits per heavy atom. The molecule has 0 fully saturated rings. The Morgan fingerprint density at radius 2 is 1.68 bits per heavy atom. The molecule has 0 aliphatic carbocycles. The largest absolute Gasteiger partial charge is 0.480 e. The van der Waals surface area contributed by atoms with Crippen molar-refractivity contribution in [2.45, 2.75) is 19.4 Å². The molecule has 5 nitrogen and oxygen atoms in total. The minimum Gasteiger partial charge on any atom is -0.480 e. The Morgan fingerprint density at radius 1 is 0.878 bits per heavy atom. The van der Waals surface area contributed by atoms with Gasteiger partial charge in [0.1, 0.15) is 34.2 Å². The first-order chi connectivity index (χ1) is 19.9. The van der Waals surface area contributed by atoms with Crippen LogP contribution in [-0.2, 0) is 4.74 Å². The van der Waals surface area contributed by atoms with E-state index in [1.807, 2.05) is 38.1 Å². The van der Waals surface area contributed by atoms with Gasteiger partial charge in [-0.15, -0.1) is 22.7 Å². The minimum atomic E-state index is -0.843. The van der Waals surface area contributed by atoms with E-state index in [1.54, 1.807) is 22.7 Å². The van der Waals surface area contributed by atoms with Crippen molar-refractivity contribution in [2.75, 3.05) is 0 Å². The molecule has 0 saturated heterocycles. The van der Waals surface area contributed by atoms with Gasteiger partial charge < -0.3 is 4.74 Å². The Balaban J connectivity index is 1.38. The molecular weight excluding hydrogens is 545 g/mol. The molecule has 0 bridgehead atoms. The van der Waals surface area contributed by atoms with Gasteiger partial charge in [-0.05, 0) is 42.8 Å². The highest BCUT2D eigenvalue weighted by molar-refractivity contribution is 7.33. The van der Waals surface area contributed by atoms with E-state index in [4.69, 9.17) is 4.74 Å². The van der Waals surface area contributed by atoms with Gasteiger partial charge in [0.15, 0.2) is 11.3 Å². The molecule has 0 atom stereocenters. The topological polar surface area (TPSA) is 85.0 Å². The van der Waals surface area contributed by atoms with E-state index >= 15 is 0 Å². The predicted molar refractivity (Wildman–Crippen MR) is 167 cm³/mol. The lowest BCUT2D eigenvalue weighted by atomic mass is 9.94. The molecule has 1 aliphatic rings. The van der Waals surface area contributed by atoms with Gasteiger partial charge in [0.25, 0.3) is 0 Å². The maximum absolute atomic E-state index is 9.89. The number of fused-ring (bicyclic) bond motifs is 8. The molecular formula is C34H18N4OS2. The molecule has 0 spiro atoms. The maximum Gasteiger partial charge on any atom is 0.172 e. The van der Waals surface area contributed by atoms with Crippen molar-refractivity contribution in [2.24, 2.45) is 0 Å². The van der Waals surface area contributed by atoms with E-state index in [2.05, 4.69) is 71.1 Å². The SMILES string of the molecule is CC1(C)OC(=C(C#N)C#N)C(C#N)=C1/C=C/c1cc2sc3c(c4cccc5ccc6c7ccccc7n3c6c54)c2s1. The number of thiophene rings is 2. The first-order valence-electron chi connectivity index (χ1n) is 13.0. The van der Waals surface area contributed by atoms with Crippen LogP contribution in [0.25, 0.3) is 63.7 Å². The highest BCUT2D eigenvalue weighted by Crippen LogP contribution is 2.48. The molecule has 0 unspecified atom stereocenters. The van der Waals surface area contributed by atoms with Gasteiger partial charge in [-0.1, -0.05) is 54.6 Å². The first-order valence-corrected chi connectivity index (χ1v) is 14.7. The summed E-state index contributed by atoms with van der Waals surface area (Å²) in [6.07, 6.45) is 3.89. The number of benzene rings is 3. The summed E-state index contributed by atoms with van der Waals surface area (Å²) >= 11 is 3.54. The van der Waals surface area contributed by atoms with E-state index in [0.717, 1.165) is 4.88 Å². The van der Waals surface area contributed by atoms with Crippen molar-refractivity contribution in [3.8, 4) is 18.2 Å². The number of pyridine rings is 1. The summed E-state index contributed by atoms with van der Waals surface area (Å²) in [5.41, 5.74) is 2.34. The lowest BCUT2D eigenvalue weighted by molar-refractivity contribution is 0.0954. The molecule has 7 heteroatoms. The van der Waals surface area contributed by atoms with Crippen LogP contribution in [0.2, 0.25) is 0 Å². The second-order valence-corrected chi connectivity index (χ2v) is 12.7. The summed E-state index contributed by atoms with van der Waals surface area (Å²) in [6.45, 7) is 3.68. The van der Waals surface area contributed by atoms with Crippen molar-refractivity contribution in [3.05, 3.63) is 94.1 Å². The summed E-state index contributed by atoms with van der Waals surface area (Å²) in [7, 11) is 0. The fraction of sp³-hybridized carbons (Fsp3) is 0.0882. The average molecular weight is 563 g/mol. The number of aromatic nitrogens is 1. The summed E-state index contributed by atoms with van der Waals surface area (Å²) in [5, 5.41) is 36.2. The first kappa shape index (κ1) is 23.7. The Labute approximate surface area is 242 Å². The second-order valence-electron chi connectivity index (χ2n) is 10.6. The van der Waals surface area contributed by atoms with Crippen LogP contribution < -0.4 is 0 Å². The van der Waals surface area contributed by atoms with Crippen LogP contribution in [-0.4, -0.2) is 10.0 Å². The normalized spacial score (nSPS) is 15.1. The number of nitrogens with zero attached hydrogens (tertiary/aromatic N) is 4. The molecule has 0 N–H and O–H groups in total. The summed E-state index contributed by atoms with van der Waals surface area (Å²) in [6, 6.07) is 27.7. The molecule has 192 valence electrons. The number of para-hydroxylation sites is 1. The Kier molecular flexibility index (Phi) is 4.74. The minimum absolute atomic E-state index is 0.0559. The van der Waals surface area contributed by atoms with Crippen LogP contribution in [0.15, 0.2) is 89.2 Å². The molecule has 0 amide bonds. The highest BCUT2D eigenvalue weighted by atomic mass is 32.1. The van der Waals surface area contributed by atoms with Crippen molar-refractivity contribution >= 4 is 86.3 Å². The van der Waals surface area contributed by atoms with E-state index in [9.17, 15) is 15.8 Å². The third kappa shape index (κ3) is 3.06. The number of hydrogen-bond acceptors (Lipinski definition) is 6. The lowest BCUT2D eigenvalue weighted by Crippen LogP contribution is -2.20. The van der Waals surface area contributed by atoms with Crippen LogP contribution >= 0.6 is 22.7 Å². The molecule has 0 saturated carbocycles. The average Bonchev–Trinajstić information content (AvgIpc) is 3.69. The quantitative estimate of drug-likeness (QED) is 0.197. The van der Waals surface area contributed by atoms with Crippen molar-refractivity contribution in [1.82, 2.24) is 4.40 Å². The number of rotatable bonds is 2. The van der Waals surface area contributed by atoms with Crippen LogP contribution in [0.4, 0.5) is 0 Å². The van der Waals surface area contributed by atoms with Gasteiger partial charge in [-0.3, -0.25) is 4.40 Å². The lowest BCUT2D eigenvalue weighted by Gasteiger charge is -2.20. The van der Waals surface area contributed by atoms with Gasteiger partial charge in [0.05, 0.1) is 15.7 Å². The summed E-state index contributed by atoms with van der Waals surface area (Å²) in [4.78, 5) is 2.30. The highest BCUT2D eigenvalue weighted by Gasteiger charge is 2.38. The Bertz CT molecular complexity index is 2500. The number of nitriles is 3. The zero-order chi connectivity index (χ0) is 28.0. The fourth-order valence-corrected chi connectivity index (χ4v) is 8.86. The zero-order valence-corrected chi connectivity index (χ0v) is 23.6. The van der Waals surface area contributed by atoms with E-state index in [1.165, 1.54) is 57.6 Å². The van der Waals surface area contributed by atoms with Crippen LogP contribution in [0.1, 0.15) is 18.7 Å². The maximum atomic E-state index is 9.89. The fourth-order valence-electron chi connectivity index (χ4n) is 6.27. The van der Waals surface area contributed by atoms with Crippen LogP contribution in [0.3, 0.4) is 0 Å². The van der Waals surface area contributed by atoms with Gasteiger partial charge in [-0.25, -0.2) is 0 Å². The molecule has 41 heavy (non-hydrogen) atoms. The van der Waals surface area contributed by atoms with Gasteiger partial charge >= 0.3 is 0 Å². The van der Waals surface area contributed by atoms with E-state index in [-0.39, 0.29) is 16.9 Å². The molecule has 4 aromatic heterocycles. The molecule has 1 aliphatic heterocycles. The summed E-state index contributed by atoms with van der Waals surface area (Å²) in [5.74, 6) is 0.0559. The predicted octanol–water partition coefficient (Wildman–Crippen LogP) is 9.21. The van der Waals surface area contributed by atoms with Crippen molar-refractivity contribution in [1.29, 1.82) is 15.8 Å². The van der Waals surface area contributed by atoms with E-state index in [0.29, 0.717) is 5.57 Å². The number of hydrogen-bond donors (Lipinski definition) is 0. The van der Waals surface area contributed by atoms with Gasteiger partial charge in [0, 0.05) is 36.7 Å². The van der Waals surface area contributed by atoms with Crippen molar-refractivity contribution in [3.63, 3.8) is 0 Å². The molecule has 0 radical (unpaired) electrons. The number of ether oxygens (including phenoxy) is 1. The third-order valence-electron chi connectivity index (χ3n) is 7.99. The molecule has 3 aromatic carbocycles. The smallest absolute Gasteiger partial charge is 0.172 e. The monoisotopic (exact) mass is 562 g/mol.